The Kier molecular flexibility index (Phi) is 7.66. The minimum absolute atomic E-state index is 0.00938. The summed E-state index contributed by atoms with van der Waals surface area (Å²) < 4.78 is 13.0. The van der Waals surface area contributed by atoms with Gasteiger partial charge in [0.15, 0.2) is 0 Å². The zero-order chi connectivity index (χ0) is 15.7. The predicted octanol–water partition coefficient (Wildman–Crippen LogP) is 0.413. The monoisotopic (exact) mass is 299 g/mol. The lowest BCUT2D eigenvalue weighted by Gasteiger charge is -2.19. The molecule has 0 aliphatic rings. The van der Waals surface area contributed by atoms with Gasteiger partial charge in [-0.05, 0) is 31.2 Å². The maximum atomic E-state index is 13.0. The van der Waals surface area contributed by atoms with Crippen molar-refractivity contribution in [3.8, 4) is 0 Å². The molecule has 0 atom stereocenters. The average Bonchev–Trinajstić information content (AvgIpc) is 2.43. The third kappa shape index (κ3) is 6.52. The molecule has 0 aliphatic carbocycles. The highest BCUT2D eigenvalue weighted by Crippen LogP contribution is 2.16. The number of aliphatic hydroxyl groups excluding tert-OH is 2. The van der Waals surface area contributed by atoms with Gasteiger partial charge in [0.25, 0.3) is 0 Å². The van der Waals surface area contributed by atoms with Crippen molar-refractivity contribution in [3.05, 3.63) is 24.0 Å². The van der Waals surface area contributed by atoms with E-state index in [-0.39, 0.29) is 24.8 Å². The number of amides is 1. The molecule has 7 heteroatoms. The van der Waals surface area contributed by atoms with Crippen molar-refractivity contribution >= 4 is 17.3 Å². The summed E-state index contributed by atoms with van der Waals surface area (Å²) in [5.74, 6) is -0.703. The number of benzene rings is 1. The van der Waals surface area contributed by atoms with Crippen molar-refractivity contribution in [3.63, 3.8) is 0 Å². The van der Waals surface area contributed by atoms with Gasteiger partial charge in [0.1, 0.15) is 5.82 Å². The van der Waals surface area contributed by atoms with E-state index in [2.05, 4.69) is 5.32 Å². The first-order chi connectivity index (χ1) is 10.1. The number of nitrogens with one attached hydrogen (secondary N) is 1. The van der Waals surface area contributed by atoms with Gasteiger partial charge in [-0.2, -0.15) is 0 Å². The molecule has 1 aromatic rings. The summed E-state index contributed by atoms with van der Waals surface area (Å²) in [6, 6.07) is 4.03. The number of hydrogen-bond acceptors (Lipinski definition) is 5. The number of anilines is 2. The summed E-state index contributed by atoms with van der Waals surface area (Å²) in [5.41, 5.74) is 5.87. The fourth-order valence-corrected chi connectivity index (χ4v) is 1.93. The SMILES string of the molecule is Nc1cc(NC(=O)CCCN(CCO)CCO)ccc1F. The van der Waals surface area contributed by atoms with Gasteiger partial charge in [-0.25, -0.2) is 4.39 Å². The Morgan fingerprint density at radius 2 is 1.90 bits per heavy atom. The first-order valence-electron chi connectivity index (χ1n) is 6.85. The number of halogens is 1. The second-order valence-electron chi connectivity index (χ2n) is 4.68. The van der Waals surface area contributed by atoms with Crippen LogP contribution in [-0.2, 0) is 4.79 Å². The molecule has 0 saturated heterocycles. The smallest absolute Gasteiger partial charge is 0.224 e. The highest BCUT2D eigenvalue weighted by Gasteiger charge is 2.07. The number of carbonyl (C=O) groups is 1. The van der Waals surface area contributed by atoms with Crippen LogP contribution in [0.1, 0.15) is 12.8 Å². The van der Waals surface area contributed by atoms with Gasteiger partial charge in [0, 0.05) is 25.2 Å². The lowest BCUT2D eigenvalue weighted by atomic mass is 10.2. The molecule has 1 rings (SSSR count). The van der Waals surface area contributed by atoms with E-state index < -0.39 is 5.82 Å². The van der Waals surface area contributed by atoms with E-state index >= 15 is 0 Å². The summed E-state index contributed by atoms with van der Waals surface area (Å²) in [5, 5.41) is 20.4. The summed E-state index contributed by atoms with van der Waals surface area (Å²) in [4.78, 5) is 13.6. The van der Waals surface area contributed by atoms with Crippen molar-refractivity contribution in [1.82, 2.24) is 4.90 Å². The van der Waals surface area contributed by atoms with Gasteiger partial charge in [-0.1, -0.05) is 0 Å². The molecule has 0 fully saturated rings. The number of nitrogens with zero attached hydrogens (tertiary/aromatic N) is 1. The van der Waals surface area contributed by atoms with Crippen LogP contribution in [0.3, 0.4) is 0 Å². The molecule has 6 nitrogen and oxygen atoms in total. The second-order valence-corrected chi connectivity index (χ2v) is 4.68. The zero-order valence-electron chi connectivity index (χ0n) is 11.9. The Hall–Kier alpha value is -1.70. The molecule has 118 valence electrons. The standard InChI is InChI=1S/C14H22FN3O3/c15-12-4-3-11(10-13(12)16)17-14(21)2-1-5-18(6-8-19)7-9-20/h3-4,10,19-20H,1-2,5-9,16H2,(H,17,21). The molecule has 0 radical (unpaired) electrons. The molecule has 21 heavy (non-hydrogen) atoms. The molecule has 5 N–H and O–H groups in total. The Bertz CT molecular complexity index is 451. The highest BCUT2D eigenvalue weighted by molar-refractivity contribution is 5.91. The van der Waals surface area contributed by atoms with Crippen LogP contribution in [0, 0.1) is 5.82 Å². The minimum atomic E-state index is -0.517. The van der Waals surface area contributed by atoms with Crippen LogP contribution in [0.5, 0.6) is 0 Å². The number of aliphatic hydroxyl groups is 2. The third-order valence-corrected chi connectivity index (χ3v) is 2.99. The molecule has 0 unspecified atom stereocenters. The largest absolute Gasteiger partial charge is 0.396 e. The van der Waals surface area contributed by atoms with Crippen molar-refractivity contribution in [2.24, 2.45) is 0 Å². The van der Waals surface area contributed by atoms with Crippen molar-refractivity contribution < 1.29 is 19.4 Å². The van der Waals surface area contributed by atoms with E-state index in [1.165, 1.54) is 18.2 Å². The van der Waals surface area contributed by atoms with Gasteiger partial charge in [0.05, 0.1) is 18.9 Å². The number of rotatable bonds is 9. The summed E-state index contributed by atoms with van der Waals surface area (Å²) in [6.45, 7) is 1.58. The Balaban J connectivity index is 2.34. The van der Waals surface area contributed by atoms with E-state index in [1.54, 1.807) is 0 Å². The maximum Gasteiger partial charge on any atom is 0.224 e. The van der Waals surface area contributed by atoms with Crippen LogP contribution < -0.4 is 11.1 Å². The van der Waals surface area contributed by atoms with Crippen LogP contribution >= 0.6 is 0 Å². The van der Waals surface area contributed by atoms with Gasteiger partial charge >= 0.3 is 0 Å². The Labute approximate surface area is 123 Å². The van der Waals surface area contributed by atoms with Gasteiger partial charge in [0.2, 0.25) is 5.91 Å². The number of nitrogen functional groups attached to an aromatic ring is 1. The summed E-state index contributed by atoms with van der Waals surface area (Å²) >= 11 is 0. The van der Waals surface area contributed by atoms with E-state index in [4.69, 9.17) is 15.9 Å². The zero-order valence-corrected chi connectivity index (χ0v) is 11.9. The van der Waals surface area contributed by atoms with Crippen LogP contribution in [0.4, 0.5) is 15.8 Å². The number of carbonyl (C=O) groups excluding carboxylic acids is 1. The van der Waals surface area contributed by atoms with Gasteiger partial charge in [-0.3, -0.25) is 9.69 Å². The lowest BCUT2D eigenvalue weighted by molar-refractivity contribution is -0.116. The number of nitrogens with two attached hydrogens (primary N) is 1. The quantitative estimate of drug-likeness (QED) is 0.495. The van der Waals surface area contributed by atoms with Crippen molar-refractivity contribution in [2.45, 2.75) is 12.8 Å². The molecule has 0 aliphatic heterocycles. The minimum Gasteiger partial charge on any atom is -0.396 e. The normalized spacial score (nSPS) is 10.9. The third-order valence-electron chi connectivity index (χ3n) is 2.99. The average molecular weight is 299 g/mol. The van der Waals surface area contributed by atoms with E-state index in [0.29, 0.717) is 38.2 Å². The molecular weight excluding hydrogens is 277 g/mol. The summed E-state index contributed by atoms with van der Waals surface area (Å²) in [7, 11) is 0. The topological polar surface area (TPSA) is 98.8 Å². The maximum absolute atomic E-state index is 13.0. The van der Waals surface area contributed by atoms with Crippen molar-refractivity contribution in [2.75, 3.05) is 43.9 Å². The first kappa shape index (κ1) is 17.4. The summed E-state index contributed by atoms with van der Waals surface area (Å²) in [6.07, 6.45) is 0.896. The molecule has 0 heterocycles. The predicted molar refractivity (Wildman–Crippen MR) is 79.3 cm³/mol. The number of hydrogen-bond donors (Lipinski definition) is 4. The van der Waals surface area contributed by atoms with Gasteiger partial charge in [-0.15, -0.1) is 0 Å². The van der Waals surface area contributed by atoms with Crippen LogP contribution in [0.25, 0.3) is 0 Å². The van der Waals surface area contributed by atoms with Crippen LogP contribution in [0.2, 0.25) is 0 Å². The second kappa shape index (κ2) is 9.28. The van der Waals surface area contributed by atoms with Crippen LogP contribution in [-0.4, -0.2) is 53.9 Å². The molecular formula is C14H22FN3O3. The molecule has 0 bridgehead atoms. The molecule has 0 spiro atoms. The highest BCUT2D eigenvalue weighted by atomic mass is 19.1. The van der Waals surface area contributed by atoms with E-state index in [0.717, 1.165) is 0 Å². The first-order valence-corrected chi connectivity index (χ1v) is 6.85. The lowest BCUT2D eigenvalue weighted by Crippen LogP contribution is -2.31. The molecule has 1 amide bonds. The fraction of sp³-hybridized carbons (Fsp3) is 0.500. The fourth-order valence-electron chi connectivity index (χ4n) is 1.93. The molecule has 0 aromatic heterocycles. The van der Waals surface area contributed by atoms with Crippen molar-refractivity contribution in [1.29, 1.82) is 0 Å². The van der Waals surface area contributed by atoms with E-state index in [1.807, 2.05) is 4.90 Å². The molecule has 0 saturated carbocycles. The van der Waals surface area contributed by atoms with Gasteiger partial charge < -0.3 is 21.3 Å². The van der Waals surface area contributed by atoms with Crippen LogP contribution in [0.15, 0.2) is 18.2 Å². The van der Waals surface area contributed by atoms with E-state index in [9.17, 15) is 9.18 Å². The molecule has 1 aromatic carbocycles. The Morgan fingerprint density at radius 1 is 1.24 bits per heavy atom. The Morgan fingerprint density at radius 3 is 2.48 bits per heavy atom.